The Labute approximate surface area is 163 Å². The number of aliphatic imine (C=N–C) groups is 1. The Morgan fingerprint density at radius 2 is 2.04 bits per heavy atom. The predicted octanol–water partition coefficient (Wildman–Crippen LogP) is 3.92. The SMILES string of the molecule is CN=C(NCc1ncc(C)s1)NCC(C)Sc1ccccc1.I. The number of guanidine groups is 1. The summed E-state index contributed by atoms with van der Waals surface area (Å²) in [6.45, 7) is 5.84. The summed E-state index contributed by atoms with van der Waals surface area (Å²) in [5.74, 6) is 0.813. The first-order chi connectivity index (χ1) is 10.7. The molecule has 2 aromatic rings. The summed E-state index contributed by atoms with van der Waals surface area (Å²) in [6, 6.07) is 10.5. The third-order valence-corrected chi connectivity index (χ3v) is 4.96. The van der Waals surface area contributed by atoms with Crippen LogP contribution in [-0.4, -0.2) is 29.8 Å². The molecule has 0 radical (unpaired) electrons. The Morgan fingerprint density at radius 1 is 1.30 bits per heavy atom. The number of hydrogen-bond donors (Lipinski definition) is 2. The number of aryl methyl sites for hydroxylation is 1. The number of thioether (sulfide) groups is 1. The monoisotopic (exact) mass is 462 g/mol. The molecule has 1 aromatic heterocycles. The number of nitrogens with one attached hydrogen (secondary N) is 2. The Bertz CT molecular complexity index is 601. The van der Waals surface area contributed by atoms with Gasteiger partial charge in [0, 0.05) is 34.8 Å². The van der Waals surface area contributed by atoms with Crippen molar-refractivity contribution in [2.75, 3.05) is 13.6 Å². The first-order valence-corrected chi connectivity index (χ1v) is 8.94. The van der Waals surface area contributed by atoms with Gasteiger partial charge in [-0.25, -0.2) is 4.98 Å². The van der Waals surface area contributed by atoms with Crippen LogP contribution < -0.4 is 10.6 Å². The average molecular weight is 462 g/mol. The number of thiazole rings is 1. The lowest BCUT2D eigenvalue weighted by Crippen LogP contribution is -2.39. The van der Waals surface area contributed by atoms with E-state index in [0.29, 0.717) is 11.8 Å². The van der Waals surface area contributed by atoms with Crippen LogP contribution in [0.25, 0.3) is 0 Å². The van der Waals surface area contributed by atoms with Crippen LogP contribution >= 0.6 is 47.1 Å². The van der Waals surface area contributed by atoms with Crippen molar-refractivity contribution in [1.29, 1.82) is 0 Å². The molecule has 7 heteroatoms. The molecule has 0 bridgehead atoms. The van der Waals surface area contributed by atoms with E-state index in [1.54, 1.807) is 18.4 Å². The number of rotatable bonds is 6. The summed E-state index contributed by atoms with van der Waals surface area (Å²) in [5.41, 5.74) is 0. The largest absolute Gasteiger partial charge is 0.355 e. The van der Waals surface area contributed by atoms with E-state index < -0.39 is 0 Å². The average Bonchev–Trinajstić information content (AvgIpc) is 2.94. The van der Waals surface area contributed by atoms with Crippen LogP contribution in [0.15, 0.2) is 46.4 Å². The quantitative estimate of drug-likeness (QED) is 0.296. The van der Waals surface area contributed by atoms with Gasteiger partial charge in [-0.3, -0.25) is 4.99 Å². The number of benzene rings is 1. The van der Waals surface area contributed by atoms with Gasteiger partial charge in [-0.05, 0) is 19.1 Å². The van der Waals surface area contributed by atoms with Gasteiger partial charge in [0.2, 0.25) is 0 Å². The Hall–Kier alpha value is -0.800. The second-order valence-electron chi connectivity index (χ2n) is 4.91. The molecule has 0 aliphatic heterocycles. The maximum atomic E-state index is 4.34. The summed E-state index contributed by atoms with van der Waals surface area (Å²) >= 11 is 3.56. The Morgan fingerprint density at radius 3 is 2.65 bits per heavy atom. The summed E-state index contributed by atoms with van der Waals surface area (Å²) in [5, 5.41) is 8.19. The van der Waals surface area contributed by atoms with Crippen molar-refractivity contribution < 1.29 is 0 Å². The van der Waals surface area contributed by atoms with Crippen molar-refractivity contribution in [2.45, 2.75) is 30.5 Å². The van der Waals surface area contributed by atoms with E-state index in [9.17, 15) is 0 Å². The highest BCUT2D eigenvalue weighted by Gasteiger charge is 2.06. The molecule has 1 unspecified atom stereocenters. The third-order valence-electron chi connectivity index (χ3n) is 2.94. The van der Waals surface area contributed by atoms with Crippen LogP contribution in [0.5, 0.6) is 0 Å². The van der Waals surface area contributed by atoms with Crippen LogP contribution in [0, 0.1) is 6.92 Å². The molecule has 0 saturated heterocycles. The maximum Gasteiger partial charge on any atom is 0.191 e. The van der Waals surface area contributed by atoms with Crippen molar-refractivity contribution in [3.05, 3.63) is 46.4 Å². The van der Waals surface area contributed by atoms with Gasteiger partial charge in [0.1, 0.15) is 5.01 Å². The van der Waals surface area contributed by atoms with Gasteiger partial charge in [-0.1, -0.05) is 25.1 Å². The van der Waals surface area contributed by atoms with E-state index in [-0.39, 0.29) is 24.0 Å². The molecule has 1 atom stereocenters. The third kappa shape index (κ3) is 7.54. The van der Waals surface area contributed by atoms with E-state index in [1.807, 2.05) is 24.0 Å². The summed E-state index contributed by atoms with van der Waals surface area (Å²) < 4.78 is 0. The van der Waals surface area contributed by atoms with E-state index in [4.69, 9.17) is 0 Å². The number of hydrogen-bond acceptors (Lipinski definition) is 4. The second kappa shape index (κ2) is 10.9. The Balaban J connectivity index is 0.00000264. The van der Waals surface area contributed by atoms with Crippen LogP contribution in [0.1, 0.15) is 16.8 Å². The standard InChI is InChI=1S/C16H22N4S2.HI/c1-12(21-14-7-5-4-6-8-14)10-19-16(17-3)20-11-15-18-9-13(2)22-15;/h4-9,12H,10-11H2,1-3H3,(H2,17,19,20);1H. The molecule has 23 heavy (non-hydrogen) atoms. The molecule has 2 rings (SSSR count). The van der Waals surface area contributed by atoms with Gasteiger partial charge in [-0.15, -0.1) is 47.1 Å². The lowest BCUT2D eigenvalue weighted by Gasteiger charge is -2.15. The van der Waals surface area contributed by atoms with Gasteiger partial charge in [0.15, 0.2) is 5.96 Å². The minimum Gasteiger partial charge on any atom is -0.355 e. The summed E-state index contributed by atoms with van der Waals surface area (Å²) in [6.07, 6.45) is 1.90. The van der Waals surface area contributed by atoms with Gasteiger partial charge >= 0.3 is 0 Å². The first kappa shape index (κ1) is 20.2. The molecule has 0 aliphatic carbocycles. The van der Waals surface area contributed by atoms with E-state index in [1.165, 1.54) is 9.77 Å². The molecular formula is C16H23IN4S2. The van der Waals surface area contributed by atoms with Crippen molar-refractivity contribution in [1.82, 2.24) is 15.6 Å². The lowest BCUT2D eigenvalue weighted by molar-refractivity contribution is 0.787. The van der Waals surface area contributed by atoms with Crippen molar-refractivity contribution in [3.63, 3.8) is 0 Å². The van der Waals surface area contributed by atoms with Gasteiger partial charge in [0.25, 0.3) is 0 Å². The first-order valence-electron chi connectivity index (χ1n) is 7.25. The highest BCUT2D eigenvalue weighted by Crippen LogP contribution is 2.21. The molecule has 0 saturated carbocycles. The predicted molar refractivity (Wildman–Crippen MR) is 112 cm³/mol. The zero-order valence-electron chi connectivity index (χ0n) is 13.6. The zero-order chi connectivity index (χ0) is 15.8. The zero-order valence-corrected chi connectivity index (χ0v) is 17.5. The lowest BCUT2D eigenvalue weighted by atomic mass is 10.4. The molecule has 0 aliphatic rings. The van der Waals surface area contributed by atoms with Gasteiger partial charge in [0.05, 0.1) is 6.54 Å². The van der Waals surface area contributed by atoms with E-state index in [2.05, 4.69) is 58.7 Å². The molecule has 4 nitrogen and oxygen atoms in total. The van der Waals surface area contributed by atoms with E-state index >= 15 is 0 Å². The summed E-state index contributed by atoms with van der Waals surface area (Å²) in [4.78, 5) is 11.1. The number of aromatic nitrogens is 1. The second-order valence-corrected chi connectivity index (χ2v) is 7.74. The normalized spacial score (nSPS) is 12.4. The van der Waals surface area contributed by atoms with Crippen LogP contribution in [0.2, 0.25) is 0 Å². The van der Waals surface area contributed by atoms with Crippen molar-refractivity contribution in [3.8, 4) is 0 Å². The molecule has 0 amide bonds. The molecule has 1 heterocycles. The highest BCUT2D eigenvalue weighted by molar-refractivity contribution is 14.0. The molecular weight excluding hydrogens is 439 g/mol. The van der Waals surface area contributed by atoms with Crippen LogP contribution in [0.3, 0.4) is 0 Å². The topological polar surface area (TPSA) is 49.3 Å². The molecule has 2 N–H and O–H groups in total. The number of nitrogens with zero attached hydrogens (tertiary/aromatic N) is 2. The minimum atomic E-state index is 0. The molecule has 0 spiro atoms. The van der Waals surface area contributed by atoms with Crippen LogP contribution in [0.4, 0.5) is 0 Å². The fraction of sp³-hybridized carbons (Fsp3) is 0.375. The highest BCUT2D eigenvalue weighted by atomic mass is 127. The van der Waals surface area contributed by atoms with Crippen molar-refractivity contribution in [2.24, 2.45) is 4.99 Å². The van der Waals surface area contributed by atoms with Crippen LogP contribution in [-0.2, 0) is 6.54 Å². The van der Waals surface area contributed by atoms with E-state index in [0.717, 1.165) is 17.5 Å². The van der Waals surface area contributed by atoms with Gasteiger partial charge < -0.3 is 10.6 Å². The molecule has 0 fully saturated rings. The fourth-order valence-electron chi connectivity index (χ4n) is 1.88. The van der Waals surface area contributed by atoms with Crippen molar-refractivity contribution >= 4 is 53.0 Å². The molecule has 1 aromatic carbocycles. The fourth-order valence-corrected chi connectivity index (χ4v) is 3.55. The number of halogens is 1. The Kier molecular flexibility index (Phi) is 9.57. The summed E-state index contributed by atoms with van der Waals surface area (Å²) in [7, 11) is 1.79. The minimum absolute atomic E-state index is 0. The molecule has 126 valence electrons. The smallest absolute Gasteiger partial charge is 0.191 e. The maximum absolute atomic E-state index is 4.34. The van der Waals surface area contributed by atoms with Gasteiger partial charge in [-0.2, -0.15) is 0 Å².